The van der Waals surface area contributed by atoms with E-state index in [4.69, 9.17) is 20.1 Å². The van der Waals surface area contributed by atoms with E-state index in [1.807, 2.05) is 26.0 Å². The number of hydrogen-bond donors (Lipinski definition) is 1. The van der Waals surface area contributed by atoms with Crippen molar-refractivity contribution in [1.29, 1.82) is 10.7 Å². The van der Waals surface area contributed by atoms with Crippen LogP contribution in [0.25, 0.3) is 0 Å². The zero-order chi connectivity index (χ0) is 12.7. The van der Waals surface area contributed by atoms with Crippen LogP contribution < -0.4 is 9.47 Å². The predicted molar refractivity (Wildman–Crippen MR) is 65.8 cm³/mol. The van der Waals surface area contributed by atoms with Gasteiger partial charge in [-0.2, -0.15) is 5.26 Å². The second-order valence-electron chi connectivity index (χ2n) is 3.31. The predicted octanol–water partition coefficient (Wildman–Crippen LogP) is 2.77. The highest BCUT2D eigenvalue weighted by Gasteiger charge is 2.15. The SMILES string of the molecule is CCOc1cccc(OCC)c1C(=N)CC#N. The lowest BCUT2D eigenvalue weighted by Gasteiger charge is -2.14. The monoisotopic (exact) mass is 232 g/mol. The zero-order valence-corrected chi connectivity index (χ0v) is 10.1. The molecule has 1 aromatic carbocycles. The molecule has 17 heavy (non-hydrogen) atoms. The van der Waals surface area contributed by atoms with Crippen molar-refractivity contribution in [3.8, 4) is 17.6 Å². The fourth-order valence-electron chi connectivity index (χ4n) is 1.53. The molecule has 0 aliphatic carbocycles. The van der Waals surface area contributed by atoms with Gasteiger partial charge in [0.25, 0.3) is 0 Å². The molecule has 90 valence electrons. The first-order valence-corrected chi connectivity index (χ1v) is 5.57. The smallest absolute Gasteiger partial charge is 0.132 e. The molecular weight excluding hydrogens is 216 g/mol. The van der Waals surface area contributed by atoms with Crippen molar-refractivity contribution in [2.24, 2.45) is 0 Å². The second kappa shape index (κ2) is 6.54. The Bertz CT molecular complexity index is 411. The maximum absolute atomic E-state index is 8.67. The minimum Gasteiger partial charge on any atom is -0.493 e. The summed E-state index contributed by atoms with van der Waals surface area (Å²) in [4.78, 5) is 0. The van der Waals surface area contributed by atoms with E-state index in [9.17, 15) is 0 Å². The first kappa shape index (κ1) is 13.0. The third-order valence-corrected chi connectivity index (χ3v) is 2.15. The van der Waals surface area contributed by atoms with Gasteiger partial charge < -0.3 is 14.9 Å². The van der Waals surface area contributed by atoms with Crippen LogP contribution in [0.1, 0.15) is 25.8 Å². The highest BCUT2D eigenvalue weighted by atomic mass is 16.5. The Labute approximate surface area is 101 Å². The number of ether oxygens (including phenoxy) is 2. The molecule has 1 rings (SSSR count). The fraction of sp³-hybridized carbons (Fsp3) is 0.385. The number of nitrogens with one attached hydrogen (secondary N) is 1. The molecule has 0 saturated heterocycles. The molecule has 0 aromatic heterocycles. The molecular formula is C13H16N2O2. The molecule has 4 nitrogen and oxygen atoms in total. The summed E-state index contributed by atoms with van der Waals surface area (Å²) in [6, 6.07) is 7.36. The molecule has 0 atom stereocenters. The van der Waals surface area contributed by atoms with Crippen molar-refractivity contribution < 1.29 is 9.47 Å². The van der Waals surface area contributed by atoms with Crippen molar-refractivity contribution in [2.75, 3.05) is 13.2 Å². The van der Waals surface area contributed by atoms with Gasteiger partial charge in [0.2, 0.25) is 0 Å². The van der Waals surface area contributed by atoms with Crippen molar-refractivity contribution >= 4 is 5.71 Å². The maximum atomic E-state index is 8.67. The van der Waals surface area contributed by atoms with Gasteiger partial charge in [0.1, 0.15) is 11.5 Å². The quantitative estimate of drug-likeness (QED) is 0.767. The Morgan fingerprint density at radius 1 is 1.24 bits per heavy atom. The van der Waals surface area contributed by atoms with E-state index in [-0.39, 0.29) is 12.1 Å². The van der Waals surface area contributed by atoms with Gasteiger partial charge in [0, 0.05) is 0 Å². The molecule has 0 spiro atoms. The fourth-order valence-corrected chi connectivity index (χ4v) is 1.53. The number of hydrogen-bond acceptors (Lipinski definition) is 4. The minimum atomic E-state index is 0.0458. The summed E-state index contributed by atoms with van der Waals surface area (Å²) in [5.74, 6) is 1.19. The molecule has 0 fully saturated rings. The van der Waals surface area contributed by atoms with Crippen LogP contribution in [0.3, 0.4) is 0 Å². The molecule has 0 aliphatic heterocycles. The van der Waals surface area contributed by atoms with Crippen LogP contribution in [-0.2, 0) is 0 Å². The van der Waals surface area contributed by atoms with Crippen LogP contribution in [-0.4, -0.2) is 18.9 Å². The van der Waals surface area contributed by atoms with Crippen LogP contribution >= 0.6 is 0 Å². The van der Waals surface area contributed by atoms with E-state index in [1.165, 1.54) is 0 Å². The van der Waals surface area contributed by atoms with E-state index >= 15 is 0 Å². The standard InChI is InChI=1S/C13H16N2O2/c1-3-16-11-6-5-7-12(17-4-2)13(11)10(15)8-9-14/h5-7,15H,3-4,8H2,1-2H3. The summed E-state index contributed by atoms with van der Waals surface area (Å²) in [5.41, 5.74) is 0.803. The minimum absolute atomic E-state index is 0.0458. The number of nitrogens with zero attached hydrogens (tertiary/aromatic N) is 1. The second-order valence-corrected chi connectivity index (χ2v) is 3.31. The van der Waals surface area contributed by atoms with Crippen LogP contribution in [0.5, 0.6) is 11.5 Å². The molecule has 0 aliphatic rings. The van der Waals surface area contributed by atoms with Crippen LogP contribution in [0.4, 0.5) is 0 Å². The van der Waals surface area contributed by atoms with Gasteiger partial charge >= 0.3 is 0 Å². The van der Waals surface area contributed by atoms with Crippen LogP contribution in [0.2, 0.25) is 0 Å². The largest absolute Gasteiger partial charge is 0.493 e. The molecule has 0 saturated carbocycles. The van der Waals surface area contributed by atoms with Crippen molar-refractivity contribution in [3.63, 3.8) is 0 Å². The zero-order valence-electron chi connectivity index (χ0n) is 10.1. The lowest BCUT2D eigenvalue weighted by atomic mass is 10.1. The number of nitriles is 1. The molecule has 0 radical (unpaired) electrons. The van der Waals surface area contributed by atoms with Gasteiger partial charge in [-0.3, -0.25) is 0 Å². The van der Waals surface area contributed by atoms with Gasteiger partial charge in [-0.25, -0.2) is 0 Å². The number of rotatable bonds is 6. The van der Waals surface area contributed by atoms with Crippen molar-refractivity contribution in [1.82, 2.24) is 0 Å². The summed E-state index contributed by atoms with van der Waals surface area (Å²) in [7, 11) is 0. The Hall–Kier alpha value is -2.02. The summed E-state index contributed by atoms with van der Waals surface area (Å²) >= 11 is 0. The molecule has 0 bridgehead atoms. The molecule has 1 N–H and O–H groups in total. The third-order valence-electron chi connectivity index (χ3n) is 2.15. The molecule has 0 unspecified atom stereocenters. The van der Waals surface area contributed by atoms with Crippen LogP contribution in [0, 0.1) is 16.7 Å². The highest BCUT2D eigenvalue weighted by Crippen LogP contribution is 2.29. The van der Waals surface area contributed by atoms with E-state index < -0.39 is 0 Å². The van der Waals surface area contributed by atoms with Crippen LogP contribution in [0.15, 0.2) is 18.2 Å². The average Bonchev–Trinajstić information content (AvgIpc) is 2.30. The Balaban J connectivity index is 3.18. The van der Waals surface area contributed by atoms with Gasteiger partial charge in [0.15, 0.2) is 0 Å². The Kier molecular flexibility index (Phi) is 5.02. The van der Waals surface area contributed by atoms with Crippen molar-refractivity contribution in [2.45, 2.75) is 20.3 Å². The van der Waals surface area contributed by atoms with E-state index in [0.717, 1.165) is 0 Å². The summed E-state index contributed by atoms with van der Waals surface area (Å²) in [5, 5.41) is 16.6. The summed E-state index contributed by atoms with van der Waals surface area (Å²) < 4.78 is 10.9. The normalized spacial score (nSPS) is 9.47. The summed E-state index contributed by atoms with van der Waals surface area (Å²) in [6.45, 7) is 4.79. The van der Waals surface area contributed by atoms with Crippen molar-refractivity contribution in [3.05, 3.63) is 23.8 Å². The Morgan fingerprint density at radius 3 is 2.18 bits per heavy atom. The summed E-state index contributed by atoms with van der Waals surface area (Å²) in [6.07, 6.45) is 0.0458. The van der Waals surface area contributed by atoms with E-state index in [1.54, 1.807) is 12.1 Å². The lowest BCUT2D eigenvalue weighted by Crippen LogP contribution is -2.07. The molecule has 4 heteroatoms. The Morgan fingerprint density at radius 2 is 1.76 bits per heavy atom. The average molecular weight is 232 g/mol. The number of benzene rings is 1. The third kappa shape index (κ3) is 3.22. The first-order chi connectivity index (χ1) is 8.24. The molecule has 1 aromatic rings. The first-order valence-electron chi connectivity index (χ1n) is 5.57. The topological polar surface area (TPSA) is 66.1 Å². The van der Waals surface area contributed by atoms with Gasteiger partial charge in [0.05, 0.1) is 37.0 Å². The van der Waals surface area contributed by atoms with E-state index in [0.29, 0.717) is 30.3 Å². The lowest BCUT2D eigenvalue weighted by molar-refractivity contribution is 0.322. The van der Waals surface area contributed by atoms with Gasteiger partial charge in [-0.1, -0.05) is 6.07 Å². The van der Waals surface area contributed by atoms with Gasteiger partial charge in [-0.05, 0) is 26.0 Å². The molecule has 0 amide bonds. The highest BCUT2D eigenvalue weighted by molar-refractivity contribution is 6.04. The van der Waals surface area contributed by atoms with Gasteiger partial charge in [-0.15, -0.1) is 0 Å². The van der Waals surface area contributed by atoms with E-state index in [2.05, 4.69) is 0 Å². The molecule has 0 heterocycles. The maximum Gasteiger partial charge on any atom is 0.132 e.